The van der Waals surface area contributed by atoms with Gasteiger partial charge in [-0.3, -0.25) is 4.90 Å². The Hall–Kier alpha value is -0.0800. The molecule has 20 heavy (non-hydrogen) atoms. The van der Waals surface area contributed by atoms with Gasteiger partial charge in [0.15, 0.2) is 0 Å². The van der Waals surface area contributed by atoms with Crippen molar-refractivity contribution in [3.8, 4) is 0 Å². The summed E-state index contributed by atoms with van der Waals surface area (Å²) in [6.45, 7) is 24.0. The first-order valence-corrected chi connectivity index (χ1v) is 8.40. The predicted molar refractivity (Wildman–Crippen MR) is 87.9 cm³/mol. The van der Waals surface area contributed by atoms with Crippen LogP contribution < -0.4 is 5.32 Å². The topological polar surface area (TPSA) is 15.3 Å². The van der Waals surface area contributed by atoms with Crippen LogP contribution in [0, 0.1) is 22.2 Å². The number of nitrogens with zero attached hydrogens (tertiary/aromatic N) is 1. The van der Waals surface area contributed by atoms with E-state index in [9.17, 15) is 0 Å². The number of nitrogens with one attached hydrogen (secondary N) is 1. The Bertz CT molecular complexity index is 348. The van der Waals surface area contributed by atoms with E-state index >= 15 is 0 Å². The normalized spacial score (nSPS) is 34.5. The van der Waals surface area contributed by atoms with Crippen molar-refractivity contribution in [3.05, 3.63) is 0 Å². The molecule has 0 aromatic carbocycles. The highest BCUT2D eigenvalue weighted by Gasteiger charge is 2.68. The van der Waals surface area contributed by atoms with Crippen LogP contribution in [0.25, 0.3) is 0 Å². The lowest BCUT2D eigenvalue weighted by molar-refractivity contribution is 0.0430. The summed E-state index contributed by atoms with van der Waals surface area (Å²) in [5.74, 6) is 0.718. The maximum absolute atomic E-state index is 3.82. The van der Waals surface area contributed by atoms with Gasteiger partial charge in [0.2, 0.25) is 0 Å². The molecule has 0 aromatic rings. The Kier molecular flexibility index (Phi) is 3.84. The third-order valence-corrected chi connectivity index (χ3v) is 6.48. The summed E-state index contributed by atoms with van der Waals surface area (Å²) < 4.78 is 0. The van der Waals surface area contributed by atoms with E-state index in [-0.39, 0.29) is 0 Å². The van der Waals surface area contributed by atoms with E-state index in [0.29, 0.717) is 28.3 Å². The molecule has 1 aliphatic heterocycles. The molecule has 2 unspecified atom stereocenters. The minimum atomic E-state index is 0.337. The second-order valence-electron chi connectivity index (χ2n) is 9.68. The van der Waals surface area contributed by atoms with Gasteiger partial charge in [0, 0.05) is 31.2 Å². The maximum Gasteiger partial charge on any atom is 0.0247 e. The van der Waals surface area contributed by atoms with Crippen LogP contribution in [0.3, 0.4) is 0 Å². The van der Waals surface area contributed by atoms with Crippen molar-refractivity contribution >= 4 is 0 Å². The molecule has 1 N–H and O–H groups in total. The first kappa shape index (κ1) is 16.3. The van der Waals surface area contributed by atoms with Gasteiger partial charge in [-0.25, -0.2) is 0 Å². The first-order valence-electron chi connectivity index (χ1n) is 8.40. The lowest BCUT2D eigenvalue weighted by atomic mass is 9.83. The Morgan fingerprint density at radius 1 is 1.05 bits per heavy atom. The van der Waals surface area contributed by atoms with Gasteiger partial charge in [-0.15, -0.1) is 0 Å². The summed E-state index contributed by atoms with van der Waals surface area (Å²) in [5, 5.41) is 3.82. The molecule has 2 aliphatic rings. The molecular weight excluding hydrogens is 244 g/mol. The fourth-order valence-electron chi connectivity index (χ4n) is 4.28. The molecule has 0 radical (unpaired) electrons. The van der Waals surface area contributed by atoms with Crippen LogP contribution in [0.2, 0.25) is 0 Å². The lowest BCUT2D eigenvalue weighted by Gasteiger charge is -2.47. The first-order chi connectivity index (χ1) is 8.90. The SMILES string of the molecule is CC(C)C1CNC(C(C)(C)C)CN1C1C(C)(C)C1(C)C. The molecule has 2 nitrogen and oxygen atoms in total. The Balaban J connectivity index is 2.22. The quantitative estimate of drug-likeness (QED) is 0.828. The molecular formula is C18H36N2. The zero-order valence-electron chi connectivity index (χ0n) is 15.2. The molecule has 2 fully saturated rings. The van der Waals surface area contributed by atoms with Gasteiger partial charge in [0.25, 0.3) is 0 Å². The van der Waals surface area contributed by atoms with Crippen LogP contribution in [0.4, 0.5) is 0 Å². The Morgan fingerprint density at radius 3 is 1.90 bits per heavy atom. The van der Waals surface area contributed by atoms with Crippen LogP contribution in [0.5, 0.6) is 0 Å². The number of rotatable bonds is 2. The molecule has 2 heteroatoms. The van der Waals surface area contributed by atoms with Crippen LogP contribution in [-0.2, 0) is 0 Å². The zero-order chi connectivity index (χ0) is 15.5. The molecule has 2 rings (SSSR count). The molecule has 1 saturated heterocycles. The van der Waals surface area contributed by atoms with Crippen molar-refractivity contribution < 1.29 is 0 Å². The van der Waals surface area contributed by atoms with E-state index in [1.165, 1.54) is 6.54 Å². The average Bonchev–Trinajstić information content (AvgIpc) is 2.67. The van der Waals surface area contributed by atoms with Gasteiger partial charge >= 0.3 is 0 Å². The highest BCUT2D eigenvalue weighted by molar-refractivity contribution is 5.20. The van der Waals surface area contributed by atoms with E-state index in [4.69, 9.17) is 0 Å². The maximum atomic E-state index is 3.82. The minimum absolute atomic E-state index is 0.337. The molecule has 1 heterocycles. The number of hydrogen-bond acceptors (Lipinski definition) is 2. The van der Waals surface area contributed by atoms with Gasteiger partial charge < -0.3 is 5.32 Å². The van der Waals surface area contributed by atoms with Gasteiger partial charge in [0.1, 0.15) is 0 Å². The van der Waals surface area contributed by atoms with Crippen LogP contribution in [-0.4, -0.2) is 36.1 Å². The summed E-state index contributed by atoms with van der Waals surface area (Å²) in [6.07, 6.45) is 0. The molecule has 0 spiro atoms. The minimum Gasteiger partial charge on any atom is -0.311 e. The fraction of sp³-hybridized carbons (Fsp3) is 1.00. The van der Waals surface area contributed by atoms with Crippen LogP contribution in [0.15, 0.2) is 0 Å². The zero-order valence-corrected chi connectivity index (χ0v) is 15.2. The second kappa shape index (κ2) is 4.71. The van der Waals surface area contributed by atoms with E-state index in [2.05, 4.69) is 72.5 Å². The Labute approximate surface area is 126 Å². The summed E-state index contributed by atoms with van der Waals surface area (Å²) >= 11 is 0. The van der Waals surface area contributed by atoms with Gasteiger partial charge in [-0.2, -0.15) is 0 Å². The second-order valence-corrected chi connectivity index (χ2v) is 9.68. The summed E-state index contributed by atoms with van der Waals surface area (Å²) in [5.41, 5.74) is 1.23. The third-order valence-electron chi connectivity index (χ3n) is 6.48. The number of piperazine rings is 1. The molecule has 0 bridgehead atoms. The smallest absolute Gasteiger partial charge is 0.0247 e. The predicted octanol–water partition coefficient (Wildman–Crippen LogP) is 3.77. The van der Waals surface area contributed by atoms with Gasteiger partial charge in [-0.05, 0) is 22.2 Å². The average molecular weight is 280 g/mol. The fourth-order valence-corrected chi connectivity index (χ4v) is 4.28. The summed E-state index contributed by atoms with van der Waals surface area (Å²) in [7, 11) is 0. The molecule has 2 atom stereocenters. The summed E-state index contributed by atoms with van der Waals surface area (Å²) in [6, 6.07) is 2.01. The standard InChI is InChI=1S/C18H36N2/c1-12(2)13-10-19-14(16(3,4)5)11-20(13)15-17(6,7)18(15,8)9/h12-15,19H,10-11H2,1-9H3. The van der Waals surface area contributed by atoms with E-state index in [0.717, 1.165) is 18.5 Å². The molecule has 1 saturated carbocycles. The van der Waals surface area contributed by atoms with Crippen molar-refractivity contribution in [3.63, 3.8) is 0 Å². The van der Waals surface area contributed by atoms with Crippen LogP contribution >= 0.6 is 0 Å². The molecule has 0 aromatic heterocycles. The van der Waals surface area contributed by atoms with E-state index in [1.54, 1.807) is 0 Å². The molecule has 118 valence electrons. The van der Waals surface area contributed by atoms with Gasteiger partial charge in [0.05, 0.1) is 0 Å². The highest BCUT2D eigenvalue weighted by Crippen LogP contribution is 2.66. The van der Waals surface area contributed by atoms with E-state index in [1.807, 2.05) is 0 Å². The Morgan fingerprint density at radius 2 is 1.55 bits per heavy atom. The van der Waals surface area contributed by atoms with Crippen molar-refractivity contribution in [2.75, 3.05) is 13.1 Å². The van der Waals surface area contributed by atoms with Crippen molar-refractivity contribution in [2.24, 2.45) is 22.2 Å². The van der Waals surface area contributed by atoms with Crippen molar-refractivity contribution in [1.82, 2.24) is 10.2 Å². The monoisotopic (exact) mass is 280 g/mol. The van der Waals surface area contributed by atoms with Crippen molar-refractivity contribution in [2.45, 2.75) is 80.4 Å². The van der Waals surface area contributed by atoms with Crippen LogP contribution in [0.1, 0.15) is 62.3 Å². The highest BCUT2D eigenvalue weighted by atomic mass is 15.3. The molecule has 0 amide bonds. The number of hydrogen-bond donors (Lipinski definition) is 1. The van der Waals surface area contributed by atoms with E-state index < -0.39 is 0 Å². The lowest BCUT2D eigenvalue weighted by Crippen LogP contribution is -2.62. The third kappa shape index (κ3) is 2.43. The summed E-state index contributed by atoms with van der Waals surface area (Å²) in [4.78, 5) is 2.84. The largest absolute Gasteiger partial charge is 0.311 e. The van der Waals surface area contributed by atoms with Gasteiger partial charge in [-0.1, -0.05) is 62.3 Å². The molecule has 1 aliphatic carbocycles. The van der Waals surface area contributed by atoms with Crippen molar-refractivity contribution in [1.29, 1.82) is 0 Å².